The normalized spacial score (nSPS) is 18.6. The number of methoxy groups -OCH3 is 1. The summed E-state index contributed by atoms with van der Waals surface area (Å²) in [6.45, 7) is 1.16. The molecule has 0 radical (unpaired) electrons. The van der Waals surface area contributed by atoms with E-state index in [-0.39, 0.29) is 17.9 Å². The van der Waals surface area contributed by atoms with Gasteiger partial charge in [0.15, 0.2) is 6.10 Å². The van der Waals surface area contributed by atoms with E-state index in [1.54, 1.807) is 7.11 Å². The average molecular weight is 364 g/mol. The fourth-order valence-corrected chi connectivity index (χ4v) is 3.44. The Bertz CT molecular complexity index is 830. The van der Waals surface area contributed by atoms with Crippen molar-refractivity contribution < 1.29 is 14.4 Å². The molecule has 1 atom stereocenters. The number of oxime groups is 1. The lowest BCUT2D eigenvalue weighted by Gasteiger charge is -2.25. The maximum absolute atomic E-state index is 12.8. The second-order valence-corrected chi connectivity index (χ2v) is 7.15. The molecule has 140 valence electrons. The molecular weight excluding hydrogens is 340 g/mol. The molecule has 2 aliphatic rings. The van der Waals surface area contributed by atoms with Gasteiger partial charge in [0.05, 0.1) is 19.4 Å². The van der Waals surface area contributed by atoms with Crippen molar-refractivity contribution in [3.8, 4) is 5.75 Å². The molecule has 0 bridgehead atoms. The van der Waals surface area contributed by atoms with E-state index in [0.29, 0.717) is 19.5 Å². The molecule has 1 saturated carbocycles. The first kappa shape index (κ1) is 17.6. The van der Waals surface area contributed by atoms with Crippen LogP contribution < -0.4 is 4.74 Å². The molecule has 1 fully saturated rings. The van der Waals surface area contributed by atoms with Gasteiger partial charge in [-0.05, 0) is 30.5 Å². The maximum Gasteiger partial charge on any atom is 0.226 e. The number of amides is 1. The zero-order valence-electron chi connectivity index (χ0n) is 15.5. The standard InChI is InChI=1S/C22H24N2O3/c1-26-21-10-6-5-9-19(21)20-13-18(27-23-20)15-24(22(25)17-11-12-17)14-16-7-3-2-4-8-16/h2-10,17-18H,11-15H2,1H3. The minimum absolute atomic E-state index is 0.128. The Morgan fingerprint density at radius 2 is 1.89 bits per heavy atom. The lowest BCUT2D eigenvalue weighted by atomic mass is 10.0. The molecule has 5 nitrogen and oxygen atoms in total. The number of ether oxygens (including phenoxy) is 1. The molecule has 27 heavy (non-hydrogen) atoms. The summed E-state index contributed by atoms with van der Waals surface area (Å²) in [6.07, 6.45) is 2.54. The average Bonchev–Trinajstić information content (AvgIpc) is 3.46. The van der Waals surface area contributed by atoms with Crippen molar-refractivity contribution in [3.05, 3.63) is 65.7 Å². The van der Waals surface area contributed by atoms with Gasteiger partial charge in [-0.2, -0.15) is 0 Å². The van der Waals surface area contributed by atoms with Crippen LogP contribution in [0.3, 0.4) is 0 Å². The van der Waals surface area contributed by atoms with Crippen LogP contribution in [0.4, 0.5) is 0 Å². The summed E-state index contributed by atoms with van der Waals surface area (Å²) in [6, 6.07) is 17.9. The highest BCUT2D eigenvalue weighted by Gasteiger charge is 2.35. The third-order valence-electron chi connectivity index (χ3n) is 5.03. The second kappa shape index (κ2) is 7.82. The van der Waals surface area contributed by atoms with E-state index in [1.165, 1.54) is 0 Å². The fraction of sp³-hybridized carbons (Fsp3) is 0.364. The third-order valence-corrected chi connectivity index (χ3v) is 5.03. The topological polar surface area (TPSA) is 51.1 Å². The molecule has 2 aromatic carbocycles. The van der Waals surface area contributed by atoms with E-state index in [0.717, 1.165) is 35.4 Å². The van der Waals surface area contributed by atoms with Crippen molar-refractivity contribution in [3.63, 3.8) is 0 Å². The summed E-state index contributed by atoms with van der Waals surface area (Å²) >= 11 is 0. The van der Waals surface area contributed by atoms with Gasteiger partial charge in [0.1, 0.15) is 5.75 Å². The number of rotatable bonds is 7. The molecule has 1 aliphatic heterocycles. The van der Waals surface area contributed by atoms with Gasteiger partial charge in [0.2, 0.25) is 5.91 Å². The SMILES string of the molecule is COc1ccccc1C1=NOC(CN(Cc2ccccc2)C(=O)C2CC2)C1. The van der Waals surface area contributed by atoms with Crippen LogP contribution in [0.1, 0.15) is 30.4 Å². The molecule has 4 rings (SSSR count). The van der Waals surface area contributed by atoms with Crippen LogP contribution in [0.5, 0.6) is 5.75 Å². The van der Waals surface area contributed by atoms with E-state index >= 15 is 0 Å². The first-order chi connectivity index (χ1) is 13.2. The molecule has 0 saturated heterocycles. The summed E-state index contributed by atoms with van der Waals surface area (Å²) in [7, 11) is 1.66. The number of nitrogens with zero attached hydrogens (tertiary/aromatic N) is 2. The predicted octanol–water partition coefficient (Wildman–Crippen LogP) is 3.63. The number of hydrogen-bond acceptors (Lipinski definition) is 4. The second-order valence-electron chi connectivity index (χ2n) is 7.15. The molecule has 1 heterocycles. The Morgan fingerprint density at radius 1 is 1.15 bits per heavy atom. The van der Waals surface area contributed by atoms with E-state index in [2.05, 4.69) is 17.3 Å². The molecule has 5 heteroatoms. The van der Waals surface area contributed by atoms with Crippen LogP contribution in [0, 0.1) is 5.92 Å². The van der Waals surface area contributed by atoms with Gasteiger partial charge in [0.25, 0.3) is 0 Å². The highest BCUT2D eigenvalue weighted by atomic mass is 16.6. The summed E-state index contributed by atoms with van der Waals surface area (Å²) in [5, 5.41) is 4.27. The third kappa shape index (κ3) is 4.13. The molecule has 1 aliphatic carbocycles. The minimum atomic E-state index is -0.128. The van der Waals surface area contributed by atoms with Gasteiger partial charge in [0, 0.05) is 24.4 Å². The Morgan fingerprint density at radius 3 is 2.63 bits per heavy atom. The molecular formula is C22H24N2O3. The van der Waals surface area contributed by atoms with Crippen molar-refractivity contribution in [1.82, 2.24) is 4.90 Å². The smallest absolute Gasteiger partial charge is 0.226 e. The minimum Gasteiger partial charge on any atom is -0.496 e. The van der Waals surface area contributed by atoms with Gasteiger partial charge >= 0.3 is 0 Å². The zero-order valence-corrected chi connectivity index (χ0v) is 15.5. The van der Waals surface area contributed by atoms with E-state index in [9.17, 15) is 4.79 Å². The number of carbonyl (C=O) groups excluding carboxylic acids is 1. The Hall–Kier alpha value is -2.82. The Balaban J connectivity index is 1.44. The van der Waals surface area contributed by atoms with Gasteiger partial charge in [-0.1, -0.05) is 47.6 Å². The number of benzene rings is 2. The van der Waals surface area contributed by atoms with Crippen LogP contribution in [0.25, 0.3) is 0 Å². The highest BCUT2D eigenvalue weighted by molar-refractivity contribution is 6.03. The Labute approximate surface area is 159 Å². The molecule has 1 unspecified atom stereocenters. The summed E-state index contributed by atoms with van der Waals surface area (Å²) in [5.74, 6) is 1.20. The van der Waals surface area contributed by atoms with Gasteiger partial charge in [-0.25, -0.2) is 0 Å². The van der Waals surface area contributed by atoms with Crippen LogP contribution in [-0.2, 0) is 16.2 Å². The van der Waals surface area contributed by atoms with Crippen LogP contribution in [0.2, 0.25) is 0 Å². The maximum atomic E-state index is 12.8. The van der Waals surface area contributed by atoms with E-state index in [4.69, 9.17) is 9.57 Å². The summed E-state index contributed by atoms with van der Waals surface area (Å²) in [4.78, 5) is 20.4. The van der Waals surface area contributed by atoms with Crippen LogP contribution in [-0.4, -0.2) is 36.3 Å². The molecule has 0 spiro atoms. The van der Waals surface area contributed by atoms with Crippen LogP contribution >= 0.6 is 0 Å². The lowest BCUT2D eigenvalue weighted by molar-refractivity contribution is -0.135. The molecule has 2 aromatic rings. The van der Waals surface area contributed by atoms with Gasteiger partial charge in [-0.3, -0.25) is 4.79 Å². The van der Waals surface area contributed by atoms with Crippen molar-refractivity contribution in [2.45, 2.75) is 31.9 Å². The van der Waals surface area contributed by atoms with Crippen molar-refractivity contribution in [2.24, 2.45) is 11.1 Å². The van der Waals surface area contributed by atoms with Crippen molar-refractivity contribution in [1.29, 1.82) is 0 Å². The molecule has 0 aromatic heterocycles. The summed E-state index contributed by atoms with van der Waals surface area (Å²) < 4.78 is 5.43. The first-order valence-electron chi connectivity index (χ1n) is 9.43. The summed E-state index contributed by atoms with van der Waals surface area (Å²) in [5.41, 5.74) is 2.96. The van der Waals surface area contributed by atoms with Crippen molar-refractivity contribution >= 4 is 11.6 Å². The van der Waals surface area contributed by atoms with E-state index in [1.807, 2.05) is 47.4 Å². The molecule has 0 N–H and O–H groups in total. The predicted molar refractivity (Wildman–Crippen MR) is 104 cm³/mol. The fourth-order valence-electron chi connectivity index (χ4n) is 3.44. The largest absolute Gasteiger partial charge is 0.496 e. The zero-order chi connectivity index (χ0) is 18.6. The number of hydrogen-bond donors (Lipinski definition) is 0. The lowest BCUT2D eigenvalue weighted by Crippen LogP contribution is -2.38. The first-order valence-corrected chi connectivity index (χ1v) is 9.43. The molecule has 1 amide bonds. The van der Waals surface area contributed by atoms with Crippen molar-refractivity contribution in [2.75, 3.05) is 13.7 Å². The number of para-hydroxylation sites is 1. The number of carbonyl (C=O) groups is 1. The quantitative estimate of drug-likeness (QED) is 0.754. The highest BCUT2D eigenvalue weighted by Crippen LogP contribution is 2.32. The Kier molecular flexibility index (Phi) is 5.10. The van der Waals surface area contributed by atoms with Crippen LogP contribution in [0.15, 0.2) is 59.8 Å². The monoisotopic (exact) mass is 364 g/mol. The van der Waals surface area contributed by atoms with Gasteiger partial charge < -0.3 is 14.5 Å². The van der Waals surface area contributed by atoms with Gasteiger partial charge in [-0.15, -0.1) is 0 Å². The van der Waals surface area contributed by atoms with E-state index < -0.39 is 0 Å².